The normalized spacial score (nSPS) is 15.0. The van der Waals surface area contributed by atoms with Crippen molar-refractivity contribution >= 4 is 11.7 Å². The van der Waals surface area contributed by atoms with Crippen LogP contribution in [-0.4, -0.2) is 23.7 Å². The Morgan fingerprint density at radius 3 is 2.67 bits per heavy atom. The van der Waals surface area contributed by atoms with Gasteiger partial charge in [0.15, 0.2) is 0 Å². The highest BCUT2D eigenvalue weighted by Crippen LogP contribution is 2.12. The Kier molecular flexibility index (Phi) is 3.28. The van der Waals surface area contributed by atoms with Crippen LogP contribution in [0.2, 0.25) is 0 Å². The molecule has 0 spiro atoms. The Morgan fingerprint density at radius 2 is 2.00 bits per heavy atom. The van der Waals surface area contributed by atoms with Crippen molar-refractivity contribution in [3.63, 3.8) is 0 Å². The molecule has 1 aromatic rings. The molecule has 0 aromatic heterocycles. The van der Waals surface area contributed by atoms with Crippen LogP contribution in [0.3, 0.4) is 0 Å². The SMILES string of the molecule is C=C1N=C(NC(=O)c2ccccc2)C(C)=CN1C. The number of hydrogen-bond acceptors (Lipinski definition) is 3. The van der Waals surface area contributed by atoms with Crippen molar-refractivity contribution in [2.24, 2.45) is 4.99 Å². The Balaban J connectivity index is 2.16. The van der Waals surface area contributed by atoms with Crippen LogP contribution in [0.5, 0.6) is 0 Å². The van der Waals surface area contributed by atoms with E-state index < -0.39 is 0 Å². The first kappa shape index (κ1) is 12.1. The molecule has 1 heterocycles. The van der Waals surface area contributed by atoms with Crippen molar-refractivity contribution in [3.8, 4) is 0 Å². The number of hydrogen-bond donors (Lipinski definition) is 1. The van der Waals surface area contributed by atoms with Gasteiger partial charge in [-0.2, -0.15) is 0 Å². The number of nitrogens with zero attached hydrogens (tertiary/aromatic N) is 2. The fourth-order valence-electron chi connectivity index (χ4n) is 1.62. The predicted molar refractivity (Wildman–Crippen MR) is 72.0 cm³/mol. The fraction of sp³-hybridized carbons (Fsp3) is 0.143. The smallest absolute Gasteiger partial charge is 0.256 e. The van der Waals surface area contributed by atoms with E-state index in [1.54, 1.807) is 12.1 Å². The topological polar surface area (TPSA) is 44.7 Å². The van der Waals surface area contributed by atoms with Gasteiger partial charge >= 0.3 is 0 Å². The zero-order valence-electron chi connectivity index (χ0n) is 10.5. The Labute approximate surface area is 106 Å². The lowest BCUT2D eigenvalue weighted by Gasteiger charge is -2.22. The third-order valence-electron chi connectivity index (χ3n) is 2.68. The molecule has 92 valence electrons. The molecule has 4 heteroatoms. The van der Waals surface area contributed by atoms with Crippen molar-refractivity contribution in [1.29, 1.82) is 0 Å². The molecule has 1 amide bonds. The van der Waals surface area contributed by atoms with E-state index >= 15 is 0 Å². The molecule has 1 aromatic carbocycles. The first-order chi connectivity index (χ1) is 8.58. The van der Waals surface area contributed by atoms with Gasteiger partial charge in [-0.05, 0) is 19.1 Å². The van der Waals surface area contributed by atoms with Crippen LogP contribution in [0.25, 0.3) is 0 Å². The van der Waals surface area contributed by atoms with E-state index in [4.69, 9.17) is 0 Å². The number of carbonyl (C=O) groups is 1. The molecular weight excluding hydrogens is 226 g/mol. The van der Waals surface area contributed by atoms with Gasteiger partial charge < -0.3 is 10.2 Å². The second-order valence-corrected chi connectivity index (χ2v) is 4.12. The highest BCUT2D eigenvalue weighted by molar-refractivity contribution is 6.12. The average Bonchev–Trinajstić information content (AvgIpc) is 2.37. The van der Waals surface area contributed by atoms with Gasteiger partial charge in [0.2, 0.25) is 0 Å². The number of rotatable bonds is 1. The third kappa shape index (κ3) is 2.48. The van der Waals surface area contributed by atoms with Gasteiger partial charge in [0.1, 0.15) is 11.7 Å². The molecule has 1 N–H and O–H groups in total. The van der Waals surface area contributed by atoms with Crippen molar-refractivity contribution in [2.45, 2.75) is 6.92 Å². The molecule has 2 rings (SSSR count). The number of amidine groups is 1. The Morgan fingerprint density at radius 1 is 1.33 bits per heavy atom. The molecule has 1 aliphatic heterocycles. The van der Waals surface area contributed by atoms with E-state index in [9.17, 15) is 4.79 Å². The molecule has 4 nitrogen and oxygen atoms in total. The predicted octanol–water partition coefficient (Wildman–Crippen LogP) is 2.14. The number of benzene rings is 1. The van der Waals surface area contributed by atoms with Crippen LogP contribution < -0.4 is 5.32 Å². The quantitative estimate of drug-likeness (QED) is 0.818. The third-order valence-corrected chi connectivity index (χ3v) is 2.68. The van der Waals surface area contributed by atoms with E-state index in [-0.39, 0.29) is 5.91 Å². The van der Waals surface area contributed by atoms with Crippen LogP contribution in [0.1, 0.15) is 17.3 Å². The average molecular weight is 241 g/mol. The van der Waals surface area contributed by atoms with Crippen LogP contribution in [0.15, 0.2) is 59.5 Å². The maximum absolute atomic E-state index is 12.0. The molecule has 0 saturated carbocycles. The molecule has 0 radical (unpaired) electrons. The summed E-state index contributed by atoms with van der Waals surface area (Å²) < 4.78 is 0. The van der Waals surface area contributed by atoms with Gasteiger partial charge in [-0.1, -0.05) is 24.8 Å². The van der Waals surface area contributed by atoms with Crippen LogP contribution in [0, 0.1) is 0 Å². The summed E-state index contributed by atoms with van der Waals surface area (Å²) in [6, 6.07) is 9.05. The highest BCUT2D eigenvalue weighted by atomic mass is 16.1. The van der Waals surface area contributed by atoms with Gasteiger partial charge in [-0.25, -0.2) is 4.99 Å². The van der Waals surface area contributed by atoms with Gasteiger partial charge in [-0.15, -0.1) is 0 Å². The van der Waals surface area contributed by atoms with E-state index in [0.717, 1.165) is 5.57 Å². The molecule has 0 bridgehead atoms. The van der Waals surface area contributed by atoms with Crippen molar-refractivity contribution in [3.05, 3.63) is 60.1 Å². The van der Waals surface area contributed by atoms with Crippen molar-refractivity contribution < 1.29 is 4.79 Å². The van der Waals surface area contributed by atoms with E-state index in [1.165, 1.54) is 0 Å². The van der Waals surface area contributed by atoms with Crippen LogP contribution in [-0.2, 0) is 0 Å². The standard InChI is InChI=1S/C14H15N3O/c1-10-9-17(3)11(2)15-13(10)16-14(18)12-7-5-4-6-8-12/h4-9H,2H2,1,3H3,(H,15,16,18). The summed E-state index contributed by atoms with van der Waals surface area (Å²) in [6.45, 7) is 5.70. The minimum absolute atomic E-state index is 0.167. The minimum atomic E-state index is -0.167. The van der Waals surface area contributed by atoms with Gasteiger partial charge in [0.25, 0.3) is 5.91 Å². The number of carbonyl (C=O) groups excluding carboxylic acids is 1. The summed E-state index contributed by atoms with van der Waals surface area (Å²) in [5.74, 6) is 0.982. The van der Waals surface area contributed by atoms with Gasteiger partial charge in [0, 0.05) is 24.4 Å². The number of nitrogens with one attached hydrogen (secondary N) is 1. The van der Waals surface area contributed by atoms with Crippen LogP contribution >= 0.6 is 0 Å². The Hall–Kier alpha value is -2.36. The lowest BCUT2D eigenvalue weighted by Crippen LogP contribution is -2.34. The second-order valence-electron chi connectivity index (χ2n) is 4.12. The van der Waals surface area contributed by atoms with Gasteiger partial charge in [-0.3, -0.25) is 4.79 Å². The molecule has 0 unspecified atom stereocenters. The second kappa shape index (κ2) is 4.87. The summed E-state index contributed by atoms with van der Waals surface area (Å²) in [7, 11) is 1.87. The summed E-state index contributed by atoms with van der Waals surface area (Å²) in [5.41, 5.74) is 1.51. The Bertz CT molecular complexity index is 543. The lowest BCUT2D eigenvalue weighted by molar-refractivity contribution is 0.0977. The minimum Gasteiger partial charge on any atom is -0.336 e. The summed E-state index contributed by atoms with van der Waals surface area (Å²) in [4.78, 5) is 18.1. The molecule has 1 aliphatic rings. The first-order valence-electron chi connectivity index (χ1n) is 5.63. The van der Waals surface area contributed by atoms with Gasteiger partial charge in [0.05, 0.1) is 0 Å². The zero-order valence-corrected chi connectivity index (χ0v) is 10.5. The molecule has 0 aliphatic carbocycles. The maximum atomic E-state index is 12.0. The zero-order chi connectivity index (χ0) is 13.1. The van der Waals surface area contributed by atoms with E-state index in [1.807, 2.05) is 43.3 Å². The van der Waals surface area contributed by atoms with E-state index in [0.29, 0.717) is 17.2 Å². The largest absolute Gasteiger partial charge is 0.336 e. The summed E-state index contributed by atoms with van der Waals surface area (Å²) in [6.07, 6.45) is 1.88. The highest BCUT2D eigenvalue weighted by Gasteiger charge is 2.15. The van der Waals surface area contributed by atoms with E-state index in [2.05, 4.69) is 16.9 Å². The van der Waals surface area contributed by atoms with Crippen molar-refractivity contribution in [2.75, 3.05) is 7.05 Å². The summed E-state index contributed by atoms with van der Waals surface area (Å²) in [5, 5.41) is 2.79. The lowest BCUT2D eigenvalue weighted by atomic mass is 10.2. The molecule has 0 atom stereocenters. The molecular formula is C14H15N3O. The first-order valence-corrected chi connectivity index (χ1v) is 5.63. The van der Waals surface area contributed by atoms with Crippen LogP contribution in [0.4, 0.5) is 0 Å². The van der Waals surface area contributed by atoms with Crippen molar-refractivity contribution in [1.82, 2.24) is 10.2 Å². The maximum Gasteiger partial charge on any atom is 0.256 e. The molecule has 0 fully saturated rings. The fourth-order valence-corrected chi connectivity index (χ4v) is 1.62. The number of amides is 1. The molecule has 0 saturated heterocycles. The molecule has 18 heavy (non-hydrogen) atoms. The number of aliphatic imine (C=N–C) groups is 1. The summed E-state index contributed by atoms with van der Waals surface area (Å²) >= 11 is 0. The monoisotopic (exact) mass is 241 g/mol.